The van der Waals surface area contributed by atoms with Crippen molar-refractivity contribution in [3.05, 3.63) is 18.2 Å². The van der Waals surface area contributed by atoms with E-state index in [1.54, 1.807) is 0 Å². The van der Waals surface area contributed by atoms with Crippen molar-refractivity contribution in [3.8, 4) is 0 Å². The van der Waals surface area contributed by atoms with Gasteiger partial charge in [-0.05, 0) is 0 Å². The standard InChI is InChI=1S/C4H5ClN2O/c5-1-4-2-6-3-7(4)8/h2-3,8H,1H2. The minimum absolute atomic E-state index is 0.288. The molecule has 44 valence electrons. The Bertz CT molecular complexity index is 174. The van der Waals surface area contributed by atoms with Gasteiger partial charge >= 0.3 is 0 Å². The molecule has 0 saturated carbocycles. The molecule has 3 nitrogen and oxygen atoms in total. The predicted octanol–water partition coefficient (Wildman–Crippen LogP) is 0.859. The van der Waals surface area contributed by atoms with Gasteiger partial charge < -0.3 is 5.21 Å². The maximum atomic E-state index is 8.72. The number of nitrogens with zero attached hydrogens (tertiary/aromatic N) is 2. The molecule has 1 N–H and O–H groups in total. The molecule has 0 atom stereocenters. The van der Waals surface area contributed by atoms with E-state index in [9.17, 15) is 0 Å². The van der Waals surface area contributed by atoms with Gasteiger partial charge in [0.1, 0.15) is 6.33 Å². The third kappa shape index (κ3) is 0.767. The second kappa shape index (κ2) is 2.05. The molecule has 0 saturated heterocycles. The average molecular weight is 133 g/mol. The first-order valence-electron chi connectivity index (χ1n) is 2.11. The number of hydrogen-bond donors (Lipinski definition) is 1. The Morgan fingerprint density at radius 2 is 2.62 bits per heavy atom. The lowest BCUT2D eigenvalue weighted by Gasteiger charge is -1.90. The van der Waals surface area contributed by atoms with Crippen molar-refractivity contribution >= 4 is 11.6 Å². The van der Waals surface area contributed by atoms with Crippen molar-refractivity contribution in [2.45, 2.75) is 5.88 Å². The van der Waals surface area contributed by atoms with Gasteiger partial charge in [-0.1, -0.05) is 0 Å². The topological polar surface area (TPSA) is 38.0 Å². The van der Waals surface area contributed by atoms with Gasteiger partial charge in [0.25, 0.3) is 0 Å². The molecule has 0 aliphatic heterocycles. The van der Waals surface area contributed by atoms with Crippen LogP contribution < -0.4 is 0 Å². The molecule has 8 heavy (non-hydrogen) atoms. The Morgan fingerprint density at radius 1 is 1.88 bits per heavy atom. The summed E-state index contributed by atoms with van der Waals surface area (Å²) < 4.78 is 0.896. The molecule has 1 rings (SSSR count). The highest BCUT2D eigenvalue weighted by molar-refractivity contribution is 6.16. The maximum Gasteiger partial charge on any atom is 0.132 e. The highest BCUT2D eigenvalue weighted by Gasteiger charge is 1.94. The smallest absolute Gasteiger partial charge is 0.132 e. The van der Waals surface area contributed by atoms with Crippen LogP contribution in [0.2, 0.25) is 0 Å². The molecular weight excluding hydrogens is 128 g/mol. The minimum atomic E-state index is 0.288. The van der Waals surface area contributed by atoms with E-state index in [-0.39, 0.29) is 5.88 Å². The summed E-state index contributed by atoms with van der Waals surface area (Å²) in [5.41, 5.74) is 0.603. The van der Waals surface area contributed by atoms with Crippen molar-refractivity contribution < 1.29 is 5.21 Å². The highest BCUT2D eigenvalue weighted by atomic mass is 35.5. The summed E-state index contributed by atoms with van der Waals surface area (Å²) in [6.07, 6.45) is 2.80. The van der Waals surface area contributed by atoms with Crippen LogP contribution in [-0.4, -0.2) is 14.9 Å². The van der Waals surface area contributed by atoms with Crippen LogP contribution in [0.3, 0.4) is 0 Å². The van der Waals surface area contributed by atoms with Crippen molar-refractivity contribution in [1.82, 2.24) is 9.71 Å². The van der Waals surface area contributed by atoms with Crippen LogP contribution in [0.15, 0.2) is 12.5 Å². The summed E-state index contributed by atoms with van der Waals surface area (Å²) in [5.74, 6) is 0.288. The zero-order valence-electron chi connectivity index (χ0n) is 4.08. The molecule has 0 spiro atoms. The summed E-state index contributed by atoms with van der Waals surface area (Å²) in [6.45, 7) is 0. The quantitative estimate of drug-likeness (QED) is 0.455. The monoisotopic (exact) mass is 132 g/mol. The van der Waals surface area contributed by atoms with Crippen LogP contribution in [0, 0.1) is 0 Å². The molecule has 1 heterocycles. The Balaban J connectivity index is 2.92. The van der Waals surface area contributed by atoms with E-state index in [1.807, 2.05) is 0 Å². The molecule has 0 aliphatic rings. The molecule has 1 aromatic heterocycles. The fourth-order valence-electron chi connectivity index (χ4n) is 0.412. The summed E-state index contributed by atoms with van der Waals surface area (Å²) in [4.78, 5) is 3.62. The second-order valence-electron chi connectivity index (χ2n) is 1.36. The fraction of sp³-hybridized carbons (Fsp3) is 0.250. The molecule has 0 fully saturated rings. The molecule has 0 radical (unpaired) electrons. The normalized spacial score (nSPS) is 9.62. The van der Waals surface area contributed by atoms with Crippen LogP contribution in [0.25, 0.3) is 0 Å². The SMILES string of the molecule is On1cncc1CCl. The van der Waals surface area contributed by atoms with Crippen molar-refractivity contribution in [3.63, 3.8) is 0 Å². The van der Waals surface area contributed by atoms with Crippen LogP contribution in [0.5, 0.6) is 0 Å². The highest BCUT2D eigenvalue weighted by Crippen LogP contribution is 1.98. The maximum absolute atomic E-state index is 8.72. The molecule has 0 aromatic carbocycles. The molecular formula is C4H5ClN2O. The third-order valence-electron chi connectivity index (χ3n) is 0.831. The lowest BCUT2D eigenvalue weighted by molar-refractivity contribution is 0.179. The third-order valence-corrected chi connectivity index (χ3v) is 1.10. The Morgan fingerprint density at radius 3 is 2.88 bits per heavy atom. The van der Waals surface area contributed by atoms with Gasteiger partial charge in [-0.25, -0.2) is 4.98 Å². The molecule has 0 bridgehead atoms. The van der Waals surface area contributed by atoms with Gasteiger partial charge in [0.15, 0.2) is 0 Å². The van der Waals surface area contributed by atoms with Gasteiger partial charge in [-0.2, -0.15) is 4.73 Å². The van der Waals surface area contributed by atoms with Gasteiger partial charge in [-0.15, -0.1) is 11.6 Å². The van der Waals surface area contributed by atoms with Crippen molar-refractivity contribution in [2.75, 3.05) is 0 Å². The summed E-state index contributed by atoms with van der Waals surface area (Å²) in [6, 6.07) is 0. The predicted molar refractivity (Wildman–Crippen MR) is 29.0 cm³/mol. The van der Waals surface area contributed by atoms with Crippen LogP contribution >= 0.6 is 11.6 Å². The molecule has 0 amide bonds. The first-order chi connectivity index (χ1) is 3.84. The minimum Gasteiger partial charge on any atom is -0.427 e. The number of hydrogen-bond acceptors (Lipinski definition) is 2. The van der Waals surface area contributed by atoms with E-state index >= 15 is 0 Å². The van der Waals surface area contributed by atoms with E-state index in [2.05, 4.69) is 4.98 Å². The first kappa shape index (κ1) is 5.44. The summed E-state index contributed by atoms with van der Waals surface area (Å²) >= 11 is 5.35. The summed E-state index contributed by atoms with van der Waals surface area (Å²) in [7, 11) is 0. The zero-order chi connectivity index (χ0) is 5.98. The first-order valence-corrected chi connectivity index (χ1v) is 2.64. The number of alkyl halides is 1. The van der Waals surface area contributed by atoms with Crippen LogP contribution in [-0.2, 0) is 5.88 Å². The lowest BCUT2D eigenvalue weighted by Crippen LogP contribution is -1.91. The van der Waals surface area contributed by atoms with Gasteiger partial charge in [0.2, 0.25) is 0 Å². The largest absolute Gasteiger partial charge is 0.427 e. The van der Waals surface area contributed by atoms with E-state index in [0.29, 0.717) is 5.69 Å². The number of rotatable bonds is 1. The fourth-order valence-corrected chi connectivity index (χ4v) is 0.603. The number of aromatic nitrogens is 2. The second-order valence-corrected chi connectivity index (χ2v) is 1.63. The van der Waals surface area contributed by atoms with E-state index in [0.717, 1.165) is 4.73 Å². The lowest BCUT2D eigenvalue weighted by atomic mass is 10.6. The Kier molecular flexibility index (Phi) is 1.39. The van der Waals surface area contributed by atoms with Crippen molar-refractivity contribution in [2.24, 2.45) is 0 Å². The van der Waals surface area contributed by atoms with E-state index < -0.39 is 0 Å². The average Bonchev–Trinajstić information content (AvgIpc) is 2.14. The number of imidazole rings is 1. The van der Waals surface area contributed by atoms with Gasteiger partial charge in [-0.3, -0.25) is 0 Å². The van der Waals surface area contributed by atoms with E-state index in [1.165, 1.54) is 12.5 Å². The van der Waals surface area contributed by atoms with E-state index in [4.69, 9.17) is 16.8 Å². The number of halogens is 1. The Hall–Kier alpha value is -0.700. The van der Waals surface area contributed by atoms with Crippen LogP contribution in [0.4, 0.5) is 0 Å². The molecule has 4 heteroatoms. The van der Waals surface area contributed by atoms with Crippen molar-refractivity contribution in [1.29, 1.82) is 0 Å². The summed E-state index contributed by atoms with van der Waals surface area (Å²) in [5, 5.41) is 8.72. The van der Waals surface area contributed by atoms with Gasteiger partial charge in [0.05, 0.1) is 17.8 Å². The van der Waals surface area contributed by atoms with Crippen LogP contribution in [0.1, 0.15) is 5.69 Å². The van der Waals surface area contributed by atoms with Gasteiger partial charge in [0, 0.05) is 0 Å². The molecule has 0 aliphatic carbocycles. The molecule has 1 aromatic rings. The zero-order valence-corrected chi connectivity index (χ0v) is 4.84. The Labute approximate surface area is 51.5 Å². The molecule has 0 unspecified atom stereocenters.